The second kappa shape index (κ2) is 5.23. The first-order valence-electron chi connectivity index (χ1n) is 5.59. The van der Waals surface area contributed by atoms with Crippen molar-refractivity contribution >= 4 is 10.1 Å². The van der Waals surface area contributed by atoms with Gasteiger partial charge in [-0.15, -0.1) is 0 Å². The Morgan fingerprint density at radius 3 is 1.85 bits per heavy atom. The Morgan fingerprint density at radius 1 is 1.05 bits per heavy atom. The molecule has 0 radical (unpaired) electrons. The molecule has 0 spiro atoms. The van der Waals surface area contributed by atoms with Crippen LogP contribution in [0.1, 0.15) is 26.3 Å². The van der Waals surface area contributed by atoms with E-state index in [-0.39, 0.29) is 11.2 Å². The van der Waals surface area contributed by atoms with Crippen LogP contribution < -0.4 is 4.18 Å². The molecule has 1 atom stereocenters. The van der Waals surface area contributed by atoms with Crippen molar-refractivity contribution in [2.45, 2.75) is 37.9 Å². The van der Waals surface area contributed by atoms with E-state index < -0.39 is 21.8 Å². The molecule has 1 aromatic rings. The van der Waals surface area contributed by atoms with Crippen molar-refractivity contribution in [2.75, 3.05) is 0 Å². The highest BCUT2D eigenvalue weighted by molar-refractivity contribution is 7.87. The number of hydrogen-bond acceptors (Lipinski definition) is 3. The molecule has 0 bridgehead atoms. The molecule has 0 fully saturated rings. The molecule has 0 amide bonds. The molecule has 1 unspecified atom stereocenters. The minimum absolute atomic E-state index is 0.216. The van der Waals surface area contributed by atoms with Crippen molar-refractivity contribution in [3.05, 3.63) is 29.8 Å². The van der Waals surface area contributed by atoms with E-state index in [4.69, 9.17) is 0 Å². The highest BCUT2D eigenvalue weighted by Crippen LogP contribution is 2.30. The van der Waals surface area contributed by atoms with Gasteiger partial charge >= 0.3 is 21.8 Å². The molecule has 0 N–H and O–H groups in total. The fourth-order valence-electron chi connectivity index (χ4n) is 1.35. The van der Waals surface area contributed by atoms with Crippen molar-refractivity contribution in [3.8, 4) is 5.75 Å². The summed E-state index contributed by atoms with van der Waals surface area (Å²) in [6.07, 6.45) is -5.52. The lowest BCUT2D eigenvalue weighted by atomic mass is 9.87. The van der Waals surface area contributed by atoms with Gasteiger partial charge in [0, 0.05) is 0 Å². The van der Waals surface area contributed by atoms with E-state index in [1.807, 2.05) is 20.8 Å². The second-order valence-electron chi connectivity index (χ2n) is 5.21. The van der Waals surface area contributed by atoms with Gasteiger partial charge in [-0.1, -0.05) is 32.9 Å². The molecular weight excluding hydrogens is 300 g/mol. The number of rotatable bonds is 3. The summed E-state index contributed by atoms with van der Waals surface area (Å²) >= 11 is 0. The Bertz CT molecular complexity index is 556. The summed E-state index contributed by atoms with van der Waals surface area (Å²) in [5.74, 6) is -0.370. The van der Waals surface area contributed by atoms with E-state index in [1.165, 1.54) is 24.3 Å². The van der Waals surface area contributed by atoms with Gasteiger partial charge in [-0.25, -0.2) is 4.39 Å². The first kappa shape index (κ1) is 16.7. The third kappa shape index (κ3) is 4.09. The van der Waals surface area contributed by atoms with Crippen molar-refractivity contribution in [1.29, 1.82) is 0 Å². The van der Waals surface area contributed by atoms with E-state index in [0.717, 1.165) is 5.56 Å². The number of benzene rings is 1. The van der Waals surface area contributed by atoms with Crippen LogP contribution in [0.15, 0.2) is 24.3 Å². The highest BCUT2D eigenvalue weighted by Gasteiger charge is 2.51. The van der Waals surface area contributed by atoms with Gasteiger partial charge in [-0.3, -0.25) is 0 Å². The number of hydrogen-bond donors (Lipinski definition) is 0. The summed E-state index contributed by atoms with van der Waals surface area (Å²) in [6, 6.07) is 5.37. The molecule has 0 aliphatic carbocycles. The normalized spacial score (nSPS) is 14.9. The van der Waals surface area contributed by atoms with Gasteiger partial charge in [0.2, 0.25) is 0 Å². The maximum Gasteiger partial charge on any atom is 0.437 e. The minimum Gasteiger partial charge on any atom is -0.380 e. The zero-order valence-electron chi connectivity index (χ0n) is 11.0. The van der Waals surface area contributed by atoms with Crippen LogP contribution >= 0.6 is 0 Å². The van der Waals surface area contributed by atoms with Crippen LogP contribution in [0, 0.1) is 0 Å². The van der Waals surface area contributed by atoms with Crippen molar-refractivity contribution in [2.24, 2.45) is 0 Å². The summed E-state index contributed by atoms with van der Waals surface area (Å²) in [4.78, 5) is 0. The van der Waals surface area contributed by atoms with Gasteiger partial charge in [-0.2, -0.15) is 21.6 Å². The highest BCUT2D eigenvalue weighted by atomic mass is 32.2. The quantitative estimate of drug-likeness (QED) is 0.633. The minimum atomic E-state index is -5.52. The zero-order chi connectivity index (χ0) is 15.8. The molecule has 8 heteroatoms. The number of halogens is 4. The topological polar surface area (TPSA) is 43.4 Å². The van der Waals surface area contributed by atoms with Crippen LogP contribution in [-0.4, -0.2) is 20.1 Å². The fraction of sp³-hybridized carbons (Fsp3) is 0.500. The lowest BCUT2D eigenvalue weighted by molar-refractivity contribution is -0.157. The van der Waals surface area contributed by atoms with E-state index in [2.05, 4.69) is 4.18 Å². The monoisotopic (exact) mass is 314 g/mol. The van der Waals surface area contributed by atoms with Crippen LogP contribution in [0.3, 0.4) is 0 Å². The Hall–Kier alpha value is -1.31. The Kier molecular flexibility index (Phi) is 4.38. The predicted molar refractivity (Wildman–Crippen MR) is 65.6 cm³/mol. The van der Waals surface area contributed by atoms with Crippen LogP contribution in [0.2, 0.25) is 0 Å². The molecule has 3 nitrogen and oxygen atoms in total. The molecule has 0 aliphatic rings. The lowest BCUT2D eigenvalue weighted by Crippen LogP contribution is -2.35. The molecule has 114 valence electrons. The Balaban J connectivity index is 2.95. The van der Waals surface area contributed by atoms with Gasteiger partial charge in [-0.05, 0) is 23.1 Å². The second-order valence-corrected chi connectivity index (χ2v) is 6.77. The molecule has 0 heterocycles. The van der Waals surface area contributed by atoms with E-state index in [1.54, 1.807) is 0 Å². The van der Waals surface area contributed by atoms with Crippen molar-refractivity contribution in [3.63, 3.8) is 0 Å². The molecule has 1 rings (SSSR count). The average Bonchev–Trinajstić information content (AvgIpc) is 2.25. The first-order chi connectivity index (χ1) is 8.84. The molecule has 0 saturated heterocycles. The molecule has 1 aromatic carbocycles. The SMILES string of the molecule is CC(C)(C)c1ccc(OS(=O)(=O)C(F)C(F)(F)F)cc1. The standard InChI is InChI=1S/C12H14F4O3S/c1-11(2,3)8-4-6-9(7-5-8)19-20(17,18)10(13)12(14,15)16/h4-7,10H,1-3H3. The van der Waals surface area contributed by atoms with Crippen molar-refractivity contribution in [1.82, 2.24) is 0 Å². The molecule has 0 saturated carbocycles. The zero-order valence-corrected chi connectivity index (χ0v) is 11.8. The van der Waals surface area contributed by atoms with E-state index >= 15 is 0 Å². The van der Waals surface area contributed by atoms with Crippen LogP contribution in [0.4, 0.5) is 17.6 Å². The smallest absolute Gasteiger partial charge is 0.380 e. The average molecular weight is 314 g/mol. The lowest BCUT2D eigenvalue weighted by Gasteiger charge is -2.19. The Morgan fingerprint density at radius 2 is 1.50 bits per heavy atom. The predicted octanol–water partition coefficient (Wildman–Crippen LogP) is 3.55. The molecule has 20 heavy (non-hydrogen) atoms. The maximum atomic E-state index is 12.8. The van der Waals surface area contributed by atoms with E-state index in [0.29, 0.717) is 0 Å². The van der Waals surface area contributed by atoms with Gasteiger partial charge < -0.3 is 4.18 Å². The van der Waals surface area contributed by atoms with Gasteiger partial charge in [0.25, 0.3) is 0 Å². The molecule has 0 aromatic heterocycles. The largest absolute Gasteiger partial charge is 0.437 e. The summed E-state index contributed by atoms with van der Waals surface area (Å²) in [5, 5.41) is 0. The summed E-state index contributed by atoms with van der Waals surface area (Å²) in [5.41, 5.74) is -3.46. The van der Waals surface area contributed by atoms with Gasteiger partial charge in [0.05, 0.1) is 0 Å². The summed E-state index contributed by atoms with van der Waals surface area (Å²) in [7, 11) is -5.41. The molecular formula is C12H14F4O3S. The summed E-state index contributed by atoms with van der Waals surface area (Å²) < 4.78 is 75.3. The summed E-state index contributed by atoms with van der Waals surface area (Å²) in [6.45, 7) is 5.71. The van der Waals surface area contributed by atoms with Crippen LogP contribution in [0.5, 0.6) is 5.75 Å². The first-order valence-corrected chi connectivity index (χ1v) is 7.06. The Labute approximate surface area is 114 Å². The van der Waals surface area contributed by atoms with Gasteiger partial charge in [0.15, 0.2) is 0 Å². The maximum absolute atomic E-state index is 12.8. The number of alkyl halides is 4. The third-order valence-electron chi connectivity index (χ3n) is 2.44. The van der Waals surface area contributed by atoms with Gasteiger partial charge in [0.1, 0.15) is 5.75 Å². The third-order valence-corrected chi connectivity index (χ3v) is 3.64. The molecule has 0 aliphatic heterocycles. The van der Waals surface area contributed by atoms with E-state index in [9.17, 15) is 26.0 Å². The van der Waals surface area contributed by atoms with Crippen LogP contribution in [-0.2, 0) is 15.5 Å². The fourth-order valence-corrected chi connectivity index (χ4v) is 2.14. The van der Waals surface area contributed by atoms with Crippen molar-refractivity contribution < 1.29 is 30.2 Å². The van der Waals surface area contributed by atoms with Crippen LogP contribution in [0.25, 0.3) is 0 Å².